The van der Waals surface area contributed by atoms with Gasteiger partial charge < -0.3 is 9.64 Å². The van der Waals surface area contributed by atoms with Crippen molar-refractivity contribution in [1.82, 2.24) is 14.9 Å². The van der Waals surface area contributed by atoms with Crippen LogP contribution in [0, 0.1) is 20.8 Å². The first-order chi connectivity index (χ1) is 9.06. The summed E-state index contributed by atoms with van der Waals surface area (Å²) in [6.45, 7) is 9.90. The topological polar surface area (TPSA) is 41.5 Å². The Kier molecular flexibility index (Phi) is 3.19. The molecular formula is C14H22N4O. The van der Waals surface area contributed by atoms with Gasteiger partial charge in [0.05, 0.1) is 18.8 Å². The first-order valence-electron chi connectivity index (χ1n) is 6.95. The molecule has 0 aliphatic carbocycles. The highest BCUT2D eigenvalue weighted by Crippen LogP contribution is 2.25. The molecule has 104 valence electrons. The Morgan fingerprint density at radius 1 is 1.11 bits per heavy atom. The molecule has 0 spiro atoms. The summed E-state index contributed by atoms with van der Waals surface area (Å²) in [6.07, 6.45) is 0.296. The summed E-state index contributed by atoms with van der Waals surface area (Å²) in [5.41, 5.74) is 3.34. The molecule has 5 heteroatoms. The van der Waals surface area contributed by atoms with E-state index in [4.69, 9.17) is 4.74 Å². The second kappa shape index (κ2) is 4.72. The van der Waals surface area contributed by atoms with Gasteiger partial charge in [-0.15, -0.1) is 0 Å². The van der Waals surface area contributed by atoms with Crippen LogP contribution < -0.4 is 4.90 Å². The molecule has 0 amide bonds. The molecule has 0 saturated carbocycles. The molecule has 3 heterocycles. The number of fused-ring (bicyclic) bond motifs is 1. The van der Waals surface area contributed by atoms with Gasteiger partial charge in [-0.05, 0) is 33.4 Å². The molecule has 2 saturated heterocycles. The van der Waals surface area contributed by atoms with Gasteiger partial charge in [0, 0.05) is 31.0 Å². The SMILES string of the molecule is Cc1nc(N2C[C@@H]3OCCN(C)[C@H]3C2)nc(C)c1C. The van der Waals surface area contributed by atoms with Crippen LogP contribution in [0.5, 0.6) is 0 Å². The Hall–Kier alpha value is -1.20. The molecule has 19 heavy (non-hydrogen) atoms. The molecule has 0 N–H and O–H groups in total. The Balaban J connectivity index is 1.84. The second-order valence-corrected chi connectivity index (χ2v) is 5.68. The largest absolute Gasteiger partial charge is 0.373 e. The van der Waals surface area contributed by atoms with E-state index in [0.717, 1.165) is 43.6 Å². The molecule has 1 aromatic rings. The van der Waals surface area contributed by atoms with E-state index in [2.05, 4.69) is 47.6 Å². The monoisotopic (exact) mass is 262 g/mol. The third kappa shape index (κ3) is 2.21. The molecule has 2 fully saturated rings. The Morgan fingerprint density at radius 3 is 2.42 bits per heavy atom. The number of hydrogen-bond acceptors (Lipinski definition) is 5. The lowest BCUT2D eigenvalue weighted by Gasteiger charge is -2.33. The lowest BCUT2D eigenvalue weighted by atomic mass is 10.1. The third-order valence-corrected chi connectivity index (χ3v) is 4.48. The lowest BCUT2D eigenvalue weighted by Crippen LogP contribution is -2.48. The van der Waals surface area contributed by atoms with Crippen LogP contribution in [0.15, 0.2) is 0 Å². The van der Waals surface area contributed by atoms with Crippen molar-refractivity contribution in [3.05, 3.63) is 17.0 Å². The molecule has 3 rings (SSSR count). The van der Waals surface area contributed by atoms with Crippen LogP contribution in [-0.2, 0) is 4.74 Å². The van der Waals surface area contributed by atoms with Crippen molar-refractivity contribution in [1.29, 1.82) is 0 Å². The van der Waals surface area contributed by atoms with Crippen LogP contribution in [0.1, 0.15) is 17.0 Å². The third-order valence-electron chi connectivity index (χ3n) is 4.48. The van der Waals surface area contributed by atoms with Gasteiger partial charge >= 0.3 is 0 Å². The number of ether oxygens (including phenoxy) is 1. The predicted molar refractivity (Wildman–Crippen MR) is 74.6 cm³/mol. The summed E-state index contributed by atoms with van der Waals surface area (Å²) < 4.78 is 5.87. The molecule has 0 unspecified atom stereocenters. The predicted octanol–water partition coefficient (Wildman–Crippen LogP) is 0.921. The maximum Gasteiger partial charge on any atom is 0.225 e. The highest BCUT2D eigenvalue weighted by atomic mass is 16.5. The van der Waals surface area contributed by atoms with Gasteiger partial charge in [0.15, 0.2) is 0 Å². The minimum absolute atomic E-state index is 0.296. The van der Waals surface area contributed by atoms with Crippen molar-refractivity contribution in [2.24, 2.45) is 0 Å². The van der Waals surface area contributed by atoms with Crippen molar-refractivity contribution in [3.63, 3.8) is 0 Å². The van der Waals surface area contributed by atoms with E-state index in [1.165, 1.54) is 5.56 Å². The fourth-order valence-corrected chi connectivity index (χ4v) is 2.92. The minimum atomic E-state index is 0.296. The molecule has 0 aromatic carbocycles. The number of aromatic nitrogens is 2. The normalized spacial score (nSPS) is 27.7. The summed E-state index contributed by atoms with van der Waals surface area (Å²) in [4.78, 5) is 13.9. The average Bonchev–Trinajstić information content (AvgIpc) is 2.81. The first-order valence-corrected chi connectivity index (χ1v) is 6.95. The van der Waals surface area contributed by atoms with Crippen molar-refractivity contribution in [2.75, 3.05) is 38.2 Å². The van der Waals surface area contributed by atoms with E-state index in [-0.39, 0.29) is 0 Å². The zero-order valence-electron chi connectivity index (χ0n) is 12.2. The summed E-state index contributed by atoms with van der Waals surface area (Å²) in [5, 5.41) is 0. The summed E-state index contributed by atoms with van der Waals surface area (Å²) in [6, 6.07) is 0.472. The van der Waals surface area contributed by atoms with Crippen molar-refractivity contribution < 1.29 is 4.74 Å². The highest BCUT2D eigenvalue weighted by Gasteiger charge is 2.39. The molecule has 2 aliphatic heterocycles. The van der Waals surface area contributed by atoms with Crippen molar-refractivity contribution >= 4 is 5.95 Å². The number of likely N-dealkylation sites (N-methyl/N-ethyl adjacent to an activating group) is 1. The Morgan fingerprint density at radius 2 is 1.79 bits per heavy atom. The zero-order valence-corrected chi connectivity index (χ0v) is 12.2. The van der Waals surface area contributed by atoms with Crippen LogP contribution >= 0.6 is 0 Å². The van der Waals surface area contributed by atoms with E-state index >= 15 is 0 Å². The number of nitrogens with zero attached hydrogens (tertiary/aromatic N) is 4. The average molecular weight is 262 g/mol. The van der Waals surface area contributed by atoms with Crippen LogP contribution in [0.2, 0.25) is 0 Å². The molecular weight excluding hydrogens is 240 g/mol. The first kappa shape index (κ1) is 12.8. The van der Waals surface area contributed by atoms with Crippen LogP contribution in [0.3, 0.4) is 0 Å². The number of rotatable bonds is 1. The summed E-state index contributed by atoms with van der Waals surface area (Å²) >= 11 is 0. The van der Waals surface area contributed by atoms with E-state index in [0.29, 0.717) is 12.1 Å². The Bertz CT molecular complexity index is 467. The fourth-order valence-electron chi connectivity index (χ4n) is 2.92. The second-order valence-electron chi connectivity index (χ2n) is 5.68. The van der Waals surface area contributed by atoms with E-state index in [1.54, 1.807) is 0 Å². The number of hydrogen-bond donors (Lipinski definition) is 0. The van der Waals surface area contributed by atoms with Gasteiger partial charge in [-0.2, -0.15) is 0 Å². The number of anilines is 1. The van der Waals surface area contributed by atoms with Gasteiger partial charge in [0.1, 0.15) is 0 Å². The van der Waals surface area contributed by atoms with E-state index in [1.807, 2.05) is 0 Å². The van der Waals surface area contributed by atoms with Gasteiger partial charge in [-0.1, -0.05) is 0 Å². The molecule has 2 aliphatic rings. The smallest absolute Gasteiger partial charge is 0.225 e. The van der Waals surface area contributed by atoms with Gasteiger partial charge in [0.2, 0.25) is 5.95 Å². The van der Waals surface area contributed by atoms with Crippen molar-refractivity contribution in [2.45, 2.75) is 32.9 Å². The summed E-state index contributed by atoms with van der Waals surface area (Å²) in [7, 11) is 2.18. The highest BCUT2D eigenvalue weighted by molar-refractivity contribution is 5.38. The standard InChI is InChI=1S/C14H22N4O/c1-9-10(2)15-14(16-11(9)3)18-7-12-13(8-18)19-6-5-17(12)4/h12-13H,5-8H2,1-4H3/t12-,13-/m0/s1. The van der Waals surface area contributed by atoms with Gasteiger partial charge in [-0.25, -0.2) is 9.97 Å². The molecule has 5 nitrogen and oxygen atoms in total. The van der Waals surface area contributed by atoms with Crippen LogP contribution in [0.25, 0.3) is 0 Å². The molecule has 0 radical (unpaired) electrons. The maximum atomic E-state index is 5.87. The Labute approximate surface area is 114 Å². The lowest BCUT2D eigenvalue weighted by molar-refractivity contribution is -0.0362. The summed E-state index contributed by atoms with van der Waals surface area (Å²) in [5.74, 6) is 0.854. The molecule has 1 aromatic heterocycles. The molecule has 2 atom stereocenters. The van der Waals surface area contributed by atoms with E-state index < -0.39 is 0 Å². The van der Waals surface area contributed by atoms with Crippen LogP contribution in [0.4, 0.5) is 5.95 Å². The van der Waals surface area contributed by atoms with Crippen LogP contribution in [-0.4, -0.2) is 60.3 Å². The fraction of sp³-hybridized carbons (Fsp3) is 0.714. The maximum absolute atomic E-state index is 5.87. The minimum Gasteiger partial charge on any atom is -0.373 e. The van der Waals surface area contributed by atoms with Gasteiger partial charge in [0.25, 0.3) is 0 Å². The molecule has 0 bridgehead atoms. The van der Waals surface area contributed by atoms with E-state index in [9.17, 15) is 0 Å². The quantitative estimate of drug-likeness (QED) is 0.753. The number of morpholine rings is 1. The van der Waals surface area contributed by atoms with Crippen molar-refractivity contribution in [3.8, 4) is 0 Å². The zero-order chi connectivity index (χ0) is 13.6. The number of aryl methyl sites for hydroxylation is 2. The van der Waals surface area contributed by atoms with Gasteiger partial charge in [-0.3, -0.25) is 4.90 Å².